The summed E-state index contributed by atoms with van der Waals surface area (Å²) in [5, 5.41) is 11.3. The summed E-state index contributed by atoms with van der Waals surface area (Å²) in [7, 11) is 4.57. The largest absolute Gasteiger partial charge is 0.507 e. The van der Waals surface area contributed by atoms with Crippen molar-refractivity contribution >= 4 is 33.4 Å². The van der Waals surface area contributed by atoms with Gasteiger partial charge in [-0.15, -0.1) is 0 Å². The molecular formula is C26H30BrNO7. The summed E-state index contributed by atoms with van der Waals surface area (Å²) in [6.45, 7) is 4.58. The number of aliphatic hydroxyl groups is 1. The van der Waals surface area contributed by atoms with Crippen LogP contribution >= 0.6 is 15.9 Å². The first-order valence-corrected chi connectivity index (χ1v) is 12.0. The first kappa shape index (κ1) is 26.6. The highest BCUT2D eigenvalue weighted by Gasteiger charge is 2.46. The van der Waals surface area contributed by atoms with Crippen LogP contribution in [0.5, 0.6) is 17.2 Å². The summed E-state index contributed by atoms with van der Waals surface area (Å²) in [6.07, 6.45) is 0.587. The number of likely N-dealkylation sites (tertiary alicyclic amines) is 1. The molecule has 188 valence electrons. The van der Waals surface area contributed by atoms with Crippen molar-refractivity contribution in [2.24, 2.45) is 0 Å². The third kappa shape index (κ3) is 5.62. The Hall–Kier alpha value is -3.04. The number of amides is 1. The molecule has 1 fully saturated rings. The van der Waals surface area contributed by atoms with Crippen molar-refractivity contribution < 1.29 is 33.6 Å². The third-order valence-corrected chi connectivity index (χ3v) is 6.30. The van der Waals surface area contributed by atoms with Gasteiger partial charge < -0.3 is 29.0 Å². The lowest BCUT2D eigenvalue weighted by atomic mass is 9.95. The highest BCUT2D eigenvalue weighted by atomic mass is 79.9. The van der Waals surface area contributed by atoms with Gasteiger partial charge in [0.15, 0.2) is 11.5 Å². The first-order valence-electron chi connectivity index (χ1n) is 11.2. The number of ketones is 1. The molecule has 0 aromatic heterocycles. The number of Topliss-reactive ketones (excluding diaryl/α,β-unsaturated/α-hetero) is 1. The number of carbonyl (C=O) groups excluding carboxylic acids is 2. The number of hydrogen-bond acceptors (Lipinski definition) is 7. The Kier molecular flexibility index (Phi) is 8.80. The summed E-state index contributed by atoms with van der Waals surface area (Å²) in [5.41, 5.74) is 0.995. The van der Waals surface area contributed by atoms with Crippen LogP contribution in [0.4, 0.5) is 0 Å². The first-order chi connectivity index (χ1) is 16.7. The van der Waals surface area contributed by atoms with Crippen molar-refractivity contribution in [3.05, 3.63) is 57.6 Å². The Labute approximate surface area is 213 Å². The maximum absolute atomic E-state index is 13.2. The molecule has 1 heterocycles. The molecule has 2 aromatic rings. The number of nitrogens with zero attached hydrogens (tertiary/aromatic N) is 1. The van der Waals surface area contributed by atoms with Gasteiger partial charge >= 0.3 is 0 Å². The van der Waals surface area contributed by atoms with E-state index < -0.39 is 17.7 Å². The summed E-state index contributed by atoms with van der Waals surface area (Å²) in [4.78, 5) is 27.8. The maximum atomic E-state index is 13.2. The zero-order valence-corrected chi connectivity index (χ0v) is 22.0. The van der Waals surface area contributed by atoms with Crippen LogP contribution in [-0.4, -0.2) is 62.3 Å². The zero-order valence-electron chi connectivity index (χ0n) is 20.5. The lowest BCUT2D eigenvalue weighted by molar-refractivity contribution is -0.140. The number of carbonyl (C=O) groups is 2. The Morgan fingerprint density at radius 1 is 1.00 bits per heavy atom. The van der Waals surface area contributed by atoms with E-state index in [2.05, 4.69) is 15.9 Å². The lowest BCUT2D eigenvalue weighted by Gasteiger charge is -2.26. The molecular weight excluding hydrogens is 518 g/mol. The van der Waals surface area contributed by atoms with Crippen LogP contribution in [0.1, 0.15) is 37.4 Å². The lowest BCUT2D eigenvalue weighted by Crippen LogP contribution is -2.31. The number of methoxy groups -OCH3 is 3. The van der Waals surface area contributed by atoms with Gasteiger partial charge in [-0.05, 0) is 72.1 Å². The van der Waals surface area contributed by atoms with Crippen molar-refractivity contribution in [2.45, 2.75) is 32.4 Å². The molecule has 0 radical (unpaired) electrons. The molecule has 1 aliphatic heterocycles. The van der Waals surface area contributed by atoms with Crippen LogP contribution in [0, 0.1) is 0 Å². The molecule has 1 unspecified atom stereocenters. The van der Waals surface area contributed by atoms with E-state index in [1.165, 1.54) is 26.2 Å². The van der Waals surface area contributed by atoms with Crippen molar-refractivity contribution in [3.8, 4) is 17.2 Å². The van der Waals surface area contributed by atoms with Crippen molar-refractivity contribution in [2.75, 3.05) is 34.5 Å². The zero-order chi connectivity index (χ0) is 25.7. The van der Waals surface area contributed by atoms with Gasteiger partial charge in [-0.2, -0.15) is 0 Å². The fourth-order valence-electron chi connectivity index (χ4n) is 4.00. The molecule has 1 amide bonds. The van der Waals surface area contributed by atoms with Crippen LogP contribution in [0.3, 0.4) is 0 Å². The molecule has 0 bridgehead atoms. The standard InChI is InChI=1S/C26H30BrNO7/c1-15(2)35-12-6-11-28-23(16-7-10-20(33-4)21(14-16)34-5)22(25(30)26(28)31)24(29)17-8-9-19(32-3)18(27)13-17/h7-10,13-15,23,29H,6,11-12H2,1-5H3/b24-22-. The SMILES string of the molecule is COc1ccc(/C(O)=C2/C(=O)C(=O)N(CCCOC(C)C)C2c2ccc(OC)c(OC)c2)cc1Br. The summed E-state index contributed by atoms with van der Waals surface area (Å²) >= 11 is 3.41. The smallest absolute Gasteiger partial charge is 0.295 e. The van der Waals surface area contributed by atoms with E-state index in [1.807, 2.05) is 13.8 Å². The molecule has 35 heavy (non-hydrogen) atoms. The normalized spacial score (nSPS) is 17.2. The van der Waals surface area contributed by atoms with Gasteiger partial charge in [0.25, 0.3) is 11.7 Å². The number of halogens is 1. The Morgan fingerprint density at radius 2 is 1.66 bits per heavy atom. The third-order valence-electron chi connectivity index (χ3n) is 5.68. The van der Waals surface area contributed by atoms with E-state index in [4.69, 9.17) is 18.9 Å². The average Bonchev–Trinajstić information content (AvgIpc) is 3.10. The van der Waals surface area contributed by atoms with Crippen molar-refractivity contribution in [3.63, 3.8) is 0 Å². The predicted octanol–water partition coefficient (Wildman–Crippen LogP) is 4.71. The van der Waals surface area contributed by atoms with E-state index in [1.54, 1.807) is 36.4 Å². The Bertz CT molecular complexity index is 1130. The van der Waals surface area contributed by atoms with Gasteiger partial charge in [0, 0.05) is 18.7 Å². The van der Waals surface area contributed by atoms with Crippen LogP contribution in [0.2, 0.25) is 0 Å². The monoisotopic (exact) mass is 547 g/mol. The number of rotatable bonds is 10. The van der Waals surface area contributed by atoms with Crippen LogP contribution in [0.15, 0.2) is 46.4 Å². The molecule has 0 saturated carbocycles. The quantitative estimate of drug-likeness (QED) is 0.199. The number of aliphatic hydroxyl groups excluding tert-OH is 1. The molecule has 3 rings (SSSR count). The molecule has 2 aromatic carbocycles. The molecule has 1 atom stereocenters. The summed E-state index contributed by atoms with van der Waals surface area (Å²) in [5.74, 6) is -0.165. The van der Waals surface area contributed by atoms with Crippen LogP contribution in [-0.2, 0) is 14.3 Å². The van der Waals surface area contributed by atoms with Gasteiger partial charge in [0.05, 0.1) is 43.5 Å². The van der Waals surface area contributed by atoms with Crippen molar-refractivity contribution in [1.29, 1.82) is 0 Å². The van der Waals surface area contributed by atoms with Crippen LogP contribution < -0.4 is 14.2 Å². The Morgan fingerprint density at radius 3 is 2.26 bits per heavy atom. The van der Waals surface area contributed by atoms with E-state index in [0.717, 1.165) is 0 Å². The van der Waals surface area contributed by atoms with Gasteiger partial charge in [0.1, 0.15) is 11.5 Å². The summed E-state index contributed by atoms with van der Waals surface area (Å²) in [6, 6.07) is 9.31. The van der Waals surface area contributed by atoms with Gasteiger partial charge in [-0.3, -0.25) is 9.59 Å². The number of ether oxygens (including phenoxy) is 4. The molecule has 0 aliphatic carbocycles. The molecule has 1 N–H and O–H groups in total. The van der Waals surface area contributed by atoms with Crippen LogP contribution in [0.25, 0.3) is 5.76 Å². The molecule has 9 heteroatoms. The second kappa shape index (κ2) is 11.6. The molecule has 8 nitrogen and oxygen atoms in total. The number of benzene rings is 2. The predicted molar refractivity (Wildman–Crippen MR) is 135 cm³/mol. The maximum Gasteiger partial charge on any atom is 0.295 e. The Balaban J connectivity index is 2.11. The second-order valence-corrected chi connectivity index (χ2v) is 9.08. The van der Waals surface area contributed by atoms with E-state index in [0.29, 0.717) is 45.9 Å². The topological polar surface area (TPSA) is 94.5 Å². The average molecular weight is 548 g/mol. The van der Waals surface area contributed by atoms with Gasteiger partial charge in [-0.25, -0.2) is 0 Å². The fourth-order valence-corrected chi connectivity index (χ4v) is 4.54. The van der Waals surface area contributed by atoms with E-state index >= 15 is 0 Å². The fraction of sp³-hybridized carbons (Fsp3) is 0.385. The molecule has 1 aliphatic rings. The summed E-state index contributed by atoms with van der Waals surface area (Å²) < 4.78 is 22.2. The number of hydrogen-bond donors (Lipinski definition) is 1. The van der Waals surface area contributed by atoms with Gasteiger partial charge in [-0.1, -0.05) is 6.07 Å². The minimum atomic E-state index is -0.810. The van der Waals surface area contributed by atoms with E-state index in [-0.39, 0.29) is 24.0 Å². The highest BCUT2D eigenvalue weighted by Crippen LogP contribution is 2.42. The highest BCUT2D eigenvalue weighted by molar-refractivity contribution is 9.10. The molecule has 1 saturated heterocycles. The minimum Gasteiger partial charge on any atom is -0.507 e. The van der Waals surface area contributed by atoms with E-state index in [9.17, 15) is 14.7 Å². The van der Waals surface area contributed by atoms with Gasteiger partial charge in [0.2, 0.25) is 0 Å². The minimum absolute atomic E-state index is 0.00376. The van der Waals surface area contributed by atoms with Crippen molar-refractivity contribution in [1.82, 2.24) is 4.90 Å². The molecule has 0 spiro atoms. The second-order valence-electron chi connectivity index (χ2n) is 8.23.